The maximum absolute atomic E-state index is 12.4. The molecule has 0 amide bonds. The average molecular weight is 442 g/mol. The van der Waals surface area contributed by atoms with Gasteiger partial charge in [-0.1, -0.05) is 11.6 Å². The zero-order chi connectivity index (χ0) is 20.5. The maximum atomic E-state index is 12.4. The van der Waals surface area contributed by atoms with Gasteiger partial charge in [0.1, 0.15) is 5.69 Å². The summed E-state index contributed by atoms with van der Waals surface area (Å²) in [6.45, 7) is 2.94. The Kier molecular flexibility index (Phi) is 6.08. The summed E-state index contributed by atoms with van der Waals surface area (Å²) in [6.07, 6.45) is 0.878. The van der Waals surface area contributed by atoms with Crippen LogP contribution in [0.1, 0.15) is 6.92 Å². The highest BCUT2D eigenvalue weighted by atomic mass is 35.5. The molecular weight excluding hydrogens is 423 g/mol. The van der Waals surface area contributed by atoms with Gasteiger partial charge in [0, 0.05) is 19.3 Å². The molecule has 12 heteroatoms. The Morgan fingerprint density at radius 3 is 2.86 bits per heavy atom. The van der Waals surface area contributed by atoms with E-state index in [1.165, 1.54) is 0 Å². The van der Waals surface area contributed by atoms with Crippen molar-refractivity contribution in [1.29, 1.82) is 0 Å². The first-order valence-electron chi connectivity index (χ1n) is 8.44. The van der Waals surface area contributed by atoms with Crippen LogP contribution < -0.4 is 10.2 Å². The van der Waals surface area contributed by atoms with Crippen LogP contribution >= 0.6 is 11.6 Å². The molecular formula is C16H19ClF3N3O4S. The molecule has 156 valence electrons. The molecule has 0 unspecified atom stereocenters. The Balaban J connectivity index is 1.70. The number of nitrogens with one attached hydrogen (secondary N) is 1. The fourth-order valence-electron chi connectivity index (χ4n) is 3.09. The summed E-state index contributed by atoms with van der Waals surface area (Å²) < 4.78 is 69.9. The minimum Gasteiger partial charge on any atom is -0.377 e. The van der Waals surface area contributed by atoms with Gasteiger partial charge in [-0.05, 0) is 19.1 Å². The van der Waals surface area contributed by atoms with Gasteiger partial charge in [-0.2, -0.15) is 13.2 Å². The van der Waals surface area contributed by atoms with Gasteiger partial charge in [0.15, 0.2) is 5.94 Å². The van der Waals surface area contributed by atoms with E-state index in [0.717, 1.165) is 11.4 Å². The minimum absolute atomic E-state index is 0.236. The third-order valence-corrected chi connectivity index (χ3v) is 5.75. The topological polar surface area (TPSA) is 80.2 Å². The number of aliphatic imine (C=N–C) groups is 1. The zero-order valence-corrected chi connectivity index (χ0v) is 16.4. The first-order valence-corrected chi connectivity index (χ1v) is 10.5. The Labute approximate surface area is 165 Å². The standard InChI is InChI=1S/C16H19ClF3N3O4S/c1-10-6-23(13-3-2-12(17)14-15(13)22-5-4-21-14)7-11(27-10)8-26-9-28(24,25)16(18,19)20/h2-4,10-11,22H,5-9H2,1H3/t10-,11-/m1/s1. The molecule has 0 aromatic heterocycles. The summed E-state index contributed by atoms with van der Waals surface area (Å²) >= 11 is 6.19. The molecule has 1 aromatic rings. The lowest BCUT2D eigenvalue weighted by Gasteiger charge is -2.39. The molecule has 0 aliphatic carbocycles. The molecule has 2 aliphatic heterocycles. The van der Waals surface area contributed by atoms with E-state index in [2.05, 4.69) is 10.3 Å². The number of anilines is 2. The summed E-state index contributed by atoms with van der Waals surface area (Å²) in [7, 11) is -5.33. The fraction of sp³-hybridized carbons (Fsp3) is 0.562. The smallest absolute Gasteiger partial charge is 0.377 e. The van der Waals surface area contributed by atoms with Crippen LogP contribution in [0, 0.1) is 0 Å². The number of nitrogens with zero attached hydrogens (tertiary/aromatic N) is 2. The van der Waals surface area contributed by atoms with Crippen LogP contribution in [0.4, 0.5) is 30.2 Å². The summed E-state index contributed by atoms with van der Waals surface area (Å²) in [5.74, 6) is -1.43. The van der Waals surface area contributed by atoms with Gasteiger partial charge in [0.05, 0.1) is 41.8 Å². The number of rotatable bonds is 5. The molecule has 2 heterocycles. The SMILES string of the molecule is C[C@@H]1CN(c2ccc(Cl)c3c2NCC=N3)C[C@H](COCS(=O)(=O)C(F)(F)F)O1. The number of alkyl halides is 3. The molecule has 2 aliphatic rings. The van der Waals surface area contributed by atoms with Gasteiger partial charge in [-0.3, -0.25) is 4.99 Å². The van der Waals surface area contributed by atoms with E-state index >= 15 is 0 Å². The molecule has 1 N–H and O–H groups in total. The van der Waals surface area contributed by atoms with Crippen molar-refractivity contribution in [3.8, 4) is 0 Å². The summed E-state index contributed by atoms with van der Waals surface area (Å²) in [4.78, 5) is 6.30. The monoisotopic (exact) mass is 441 g/mol. The number of morpholine rings is 1. The highest BCUT2D eigenvalue weighted by Gasteiger charge is 2.45. The van der Waals surface area contributed by atoms with Gasteiger partial charge < -0.3 is 19.7 Å². The Morgan fingerprint density at radius 1 is 1.39 bits per heavy atom. The van der Waals surface area contributed by atoms with E-state index in [1.807, 2.05) is 17.9 Å². The molecule has 0 bridgehead atoms. The molecule has 3 rings (SSSR count). The fourth-order valence-corrected chi connectivity index (χ4v) is 3.75. The number of hydrogen-bond donors (Lipinski definition) is 1. The number of fused-ring (bicyclic) bond motifs is 1. The van der Waals surface area contributed by atoms with Crippen LogP contribution in [-0.4, -0.2) is 64.5 Å². The van der Waals surface area contributed by atoms with Crippen molar-refractivity contribution in [2.75, 3.05) is 42.4 Å². The zero-order valence-electron chi connectivity index (χ0n) is 14.9. The minimum atomic E-state index is -5.34. The summed E-state index contributed by atoms with van der Waals surface area (Å²) in [5, 5.41) is 3.73. The van der Waals surface area contributed by atoms with Gasteiger partial charge >= 0.3 is 5.51 Å². The van der Waals surface area contributed by atoms with Gasteiger partial charge in [-0.25, -0.2) is 8.42 Å². The predicted octanol–water partition coefficient (Wildman–Crippen LogP) is 2.97. The molecule has 2 atom stereocenters. The molecule has 1 aromatic carbocycles. The number of ether oxygens (including phenoxy) is 2. The quantitative estimate of drug-likeness (QED) is 0.756. The third kappa shape index (κ3) is 4.53. The molecule has 28 heavy (non-hydrogen) atoms. The number of sulfone groups is 1. The first-order chi connectivity index (χ1) is 13.1. The van der Waals surface area contributed by atoms with Gasteiger partial charge in [0.2, 0.25) is 0 Å². The average Bonchev–Trinajstić information content (AvgIpc) is 2.60. The molecule has 0 saturated carbocycles. The van der Waals surface area contributed by atoms with E-state index in [9.17, 15) is 21.6 Å². The second-order valence-corrected chi connectivity index (χ2v) is 8.84. The summed E-state index contributed by atoms with van der Waals surface area (Å²) in [5.41, 5.74) is -3.12. The maximum Gasteiger partial charge on any atom is 0.499 e. The van der Waals surface area contributed by atoms with Crippen LogP contribution in [0.15, 0.2) is 17.1 Å². The van der Waals surface area contributed by atoms with Crippen LogP contribution in [0.5, 0.6) is 0 Å². The van der Waals surface area contributed by atoms with Crippen molar-refractivity contribution < 1.29 is 31.1 Å². The van der Waals surface area contributed by atoms with Crippen LogP contribution in [-0.2, 0) is 19.3 Å². The predicted molar refractivity (Wildman–Crippen MR) is 100 cm³/mol. The number of halogens is 4. The second kappa shape index (κ2) is 8.05. The second-order valence-electron chi connectivity index (χ2n) is 6.51. The van der Waals surface area contributed by atoms with Crippen LogP contribution in [0.3, 0.4) is 0 Å². The van der Waals surface area contributed by atoms with Crippen molar-refractivity contribution in [1.82, 2.24) is 0 Å². The third-order valence-electron chi connectivity index (χ3n) is 4.26. The van der Waals surface area contributed by atoms with Crippen LogP contribution in [0.25, 0.3) is 0 Å². The molecule has 1 fully saturated rings. The number of hydrogen-bond acceptors (Lipinski definition) is 7. The highest BCUT2D eigenvalue weighted by molar-refractivity contribution is 7.92. The molecule has 1 saturated heterocycles. The normalized spacial score (nSPS) is 22.7. The van der Waals surface area contributed by atoms with E-state index in [4.69, 9.17) is 21.1 Å². The van der Waals surface area contributed by atoms with Crippen molar-refractivity contribution >= 4 is 44.7 Å². The first kappa shape index (κ1) is 21.2. The highest BCUT2D eigenvalue weighted by Crippen LogP contribution is 2.42. The molecule has 0 radical (unpaired) electrons. The Bertz CT molecular complexity index is 863. The van der Waals surface area contributed by atoms with E-state index in [1.54, 1.807) is 12.3 Å². The summed E-state index contributed by atoms with van der Waals surface area (Å²) in [6, 6.07) is 3.56. The lowest BCUT2D eigenvalue weighted by atomic mass is 10.1. The Morgan fingerprint density at radius 2 is 2.14 bits per heavy atom. The van der Waals surface area contributed by atoms with Crippen molar-refractivity contribution in [2.45, 2.75) is 24.6 Å². The van der Waals surface area contributed by atoms with Crippen molar-refractivity contribution in [3.63, 3.8) is 0 Å². The lowest BCUT2D eigenvalue weighted by molar-refractivity contribution is -0.0617. The van der Waals surface area contributed by atoms with Gasteiger partial charge in [0.25, 0.3) is 9.84 Å². The Hall–Kier alpha value is -1.56. The molecule has 0 spiro atoms. The lowest BCUT2D eigenvalue weighted by Crippen LogP contribution is -2.49. The largest absolute Gasteiger partial charge is 0.499 e. The van der Waals surface area contributed by atoms with Crippen LogP contribution in [0.2, 0.25) is 5.02 Å². The van der Waals surface area contributed by atoms with E-state index < -0.39 is 27.4 Å². The van der Waals surface area contributed by atoms with Gasteiger partial charge in [-0.15, -0.1) is 0 Å². The van der Waals surface area contributed by atoms with E-state index in [-0.39, 0.29) is 12.7 Å². The van der Waals surface area contributed by atoms with E-state index in [0.29, 0.717) is 30.3 Å². The number of benzene rings is 1. The molecule has 7 nitrogen and oxygen atoms in total. The van der Waals surface area contributed by atoms with Crippen molar-refractivity contribution in [3.05, 3.63) is 17.2 Å². The van der Waals surface area contributed by atoms with Crippen molar-refractivity contribution in [2.24, 2.45) is 4.99 Å².